The molecule has 1 aromatic heterocycles. The fraction of sp³-hybridized carbons (Fsp3) is 0.357. The molecule has 0 atom stereocenters. The molecular formula is C14H16ClFN4OS2. The maximum absolute atomic E-state index is 13.5. The molecule has 0 aliphatic rings. The normalized spacial score (nSPS) is 10.8. The van der Waals surface area contributed by atoms with Crippen molar-refractivity contribution in [1.82, 2.24) is 10.2 Å². The predicted molar refractivity (Wildman–Crippen MR) is 94.0 cm³/mol. The van der Waals surface area contributed by atoms with Crippen LogP contribution in [-0.4, -0.2) is 28.4 Å². The van der Waals surface area contributed by atoms with Crippen LogP contribution in [0.2, 0.25) is 5.02 Å². The molecular weight excluding hydrogens is 359 g/mol. The molecule has 0 spiro atoms. The van der Waals surface area contributed by atoms with E-state index in [0.29, 0.717) is 15.3 Å². The molecule has 23 heavy (non-hydrogen) atoms. The molecule has 1 aromatic carbocycles. The highest BCUT2D eigenvalue weighted by molar-refractivity contribution is 8.01. The number of hydrogen-bond acceptors (Lipinski definition) is 6. The van der Waals surface area contributed by atoms with Crippen LogP contribution in [0.4, 0.5) is 15.2 Å². The molecule has 9 heteroatoms. The Balaban J connectivity index is 1.83. The molecule has 2 N–H and O–H groups in total. The minimum absolute atomic E-state index is 0.0691. The summed E-state index contributed by atoms with van der Waals surface area (Å²) in [6, 6.07) is 4.01. The van der Waals surface area contributed by atoms with Crippen molar-refractivity contribution in [3.8, 4) is 0 Å². The number of thioether (sulfide) groups is 1. The first kappa shape index (κ1) is 18.0. The summed E-state index contributed by atoms with van der Waals surface area (Å²) in [5.74, 6) is -0.231. The van der Waals surface area contributed by atoms with Gasteiger partial charge in [0, 0.05) is 11.6 Å². The van der Waals surface area contributed by atoms with Gasteiger partial charge in [0.2, 0.25) is 11.0 Å². The number of halogens is 2. The fourth-order valence-corrected chi connectivity index (χ4v) is 3.27. The summed E-state index contributed by atoms with van der Waals surface area (Å²) >= 11 is 8.41. The third-order valence-electron chi connectivity index (χ3n) is 2.60. The highest BCUT2D eigenvalue weighted by Crippen LogP contribution is 2.26. The standard InChI is InChI=1S/C14H16ClFN4OS2/c1-8(2)6-17-13-19-20-14(23-13)22-7-12(21)18-11-5-9(15)3-4-10(11)16/h3-5,8H,6-7H2,1-2H3,(H,17,19)(H,18,21). The molecule has 0 fully saturated rings. The average Bonchev–Trinajstić information content (AvgIpc) is 2.95. The summed E-state index contributed by atoms with van der Waals surface area (Å²) in [5.41, 5.74) is 0.0691. The Morgan fingerprint density at radius 2 is 2.22 bits per heavy atom. The van der Waals surface area contributed by atoms with Crippen LogP contribution in [0.5, 0.6) is 0 Å². The first-order valence-corrected chi connectivity index (χ1v) is 9.07. The van der Waals surface area contributed by atoms with E-state index in [4.69, 9.17) is 11.6 Å². The lowest BCUT2D eigenvalue weighted by Crippen LogP contribution is -2.15. The molecule has 0 aliphatic carbocycles. The zero-order valence-corrected chi connectivity index (χ0v) is 15.0. The Hall–Kier alpha value is -1.38. The van der Waals surface area contributed by atoms with Gasteiger partial charge in [0.1, 0.15) is 5.82 Å². The summed E-state index contributed by atoms with van der Waals surface area (Å²) in [6.45, 7) is 5.01. The summed E-state index contributed by atoms with van der Waals surface area (Å²) in [5, 5.41) is 14.7. The maximum atomic E-state index is 13.5. The summed E-state index contributed by atoms with van der Waals surface area (Å²) < 4.78 is 14.2. The van der Waals surface area contributed by atoms with Crippen molar-refractivity contribution < 1.29 is 9.18 Å². The number of anilines is 2. The van der Waals surface area contributed by atoms with Crippen LogP contribution in [-0.2, 0) is 4.79 Å². The zero-order chi connectivity index (χ0) is 16.8. The Morgan fingerprint density at radius 1 is 1.43 bits per heavy atom. The van der Waals surface area contributed by atoms with Crippen LogP contribution in [0.3, 0.4) is 0 Å². The number of nitrogens with one attached hydrogen (secondary N) is 2. The van der Waals surface area contributed by atoms with E-state index >= 15 is 0 Å². The van der Waals surface area contributed by atoms with Crippen LogP contribution < -0.4 is 10.6 Å². The Labute approximate surface area is 147 Å². The van der Waals surface area contributed by atoms with Gasteiger partial charge in [-0.1, -0.05) is 48.5 Å². The van der Waals surface area contributed by atoms with Gasteiger partial charge in [-0.2, -0.15) is 0 Å². The number of rotatable bonds is 7. The number of hydrogen-bond donors (Lipinski definition) is 2. The first-order chi connectivity index (χ1) is 10.9. The Bertz CT molecular complexity index is 681. The van der Waals surface area contributed by atoms with Crippen molar-refractivity contribution in [3.63, 3.8) is 0 Å². The lowest BCUT2D eigenvalue weighted by Gasteiger charge is -2.05. The number of carbonyl (C=O) groups excluding carboxylic acids is 1. The lowest BCUT2D eigenvalue weighted by molar-refractivity contribution is -0.113. The number of amides is 1. The Morgan fingerprint density at radius 3 is 2.96 bits per heavy atom. The van der Waals surface area contributed by atoms with Crippen LogP contribution in [0.15, 0.2) is 22.5 Å². The number of benzene rings is 1. The topological polar surface area (TPSA) is 66.9 Å². The zero-order valence-electron chi connectivity index (χ0n) is 12.6. The largest absolute Gasteiger partial charge is 0.360 e. The third kappa shape index (κ3) is 5.96. The quantitative estimate of drug-likeness (QED) is 0.713. The van der Waals surface area contributed by atoms with Crippen LogP contribution >= 0.6 is 34.7 Å². The molecule has 0 bridgehead atoms. The van der Waals surface area contributed by atoms with Crippen molar-refractivity contribution in [2.75, 3.05) is 22.9 Å². The number of aromatic nitrogens is 2. The van der Waals surface area contributed by atoms with E-state index < -0.39 is 5.82 Å². The average molecular weight is 375 g/mol. The van der Waals surface area contributed by atoms with E-state index in [1.165, 1.54) is 41.3 Å². The molecule has 2 rings (SSSR count). The smallest absolute Gasteiger partial charge is 0.234 e. The van der Waals surface area contributed by atoms with Crippen molar-refractivity contribution in [2.45, 2.75) is 18.2 Å². The van der Waals surface area contributed by atoms with Gasteiger partial charge >= 0.3 is 0 Å². The van der Waals surface area contributed by atoms with E-state index in [9.17, 15) is 9.18 Å². The molecule has 0 unspecified atom stereocenters. The maximum Gasteiger partial charge on any atom is 0.234 e. The van der Waals surface area contributed by atoms with Crippen molar-refractivity contribution >= 4 is 51.4 Å². The van der Waals surface area contributed by atoms with Gasteiger partial charge in [-0.15, -0.1) is 10.2 Å². The second-order valence-corrected chi connectivity index (χ2v) is 7.75. The molecule has 5 nitrogen and oxygen atoms in total. The molecule has 0 radical (unpaired) electrons. The van der Waals surface area contributed by atoms with Gasteiger partial charge in [-0.25, -0.2) is 4.39 Å². The number of carbonyl (C=O) groups is 1. The minimum Gasteiger partial charge on any atom is -0.360 e. The second-order valence-electron chi connectivity index (χ2n) is 5.11. The fourth-order valence-electron chi connectivity index (χ4n) is 1.54. The molecule has 2 aromatic rings. The number of nitrogens with zero attached hydrogens (tertiary/aromatic N) is 2. The molecule has 1 amide bonds. The summed E-state index contributed by atoms with van der Waals surface area (Å²) in [7, 11) is 0. The first-order valence-electron chi connectivity index (χ1n) is 6.89. The van der Waals surface area contributed by atoms with Gasteiger partial charge in [0.05, 0.1) is 11.4 Å². The van der Waals surface area contributed by atoms with Gasteiger partial charge < -0.3 is 10.6 Å². The van der Waals surface area contributed by atoms with Gasteiger partial charge in [0.15, 0.2) is 4.34 Å². The minimum atomic E-state index is -0.524. The van der Waals surface area contributed by atoms with E-state index in [1.54, 1.807) is 0 Å². The highest BCUT2D eigenvalue weighted by Gasteiger charge is 2.11. The van der Waals surface area contributed by atoms with Crippen LogP contribution in [0.25, 0.3) is 0 Å². The van der Waals surface area contributed by atoms with Crippen LogP contribution in [0.1, 0.15) is 13.8 Å². The molecule has 0 saturated heterocycles. The molecule has 0 saturated carbocycles. The third-order valence-corrected chi connectivity index (χ3v) is 4.85. The van der Waals surface area contributed by atoms with Gasteiger partial charge in [0.25, 0.3) is 0 Å². The molecule has 124 valence electrons. The van der Waals surface area contributed by atoms with E-state index in [2.05, 4.69) is 34.7 Å². The van der Waals surface area contributed by atoms with E-state index in [-0.39, 0.29) is 17.3 Å². The summed E-state index contributed by atoms with van der Waals surface area (Å²) in [6.07, 6.45) is 0. The SMILES string of the molecule is CC(C)CNc1nnc(SCC(=O)Nc2cc(Cl)ccc2F)s1. The van der Waals surface area contributed by atoms with Crippen LogP contribution in [0, 0.1) is 11.7 Å². The van der Waals surface area contributed by atoms with Crippen molar-refractivity contribution in [2.24, 2.45) is 5.92 Å². The monoisotopic (exact) mass is 374 g/mol. The highest BCUT2D eigenvalue weighted by atomic mass is 35.5. The second kappa shape index (κ2) is 8.47. The molecule has 0 aliphatic heterocycles. The molecule has 1 heterocycles. The Kier molecular flexibility index (Phi) is 6.61. The van der Waals surface area contributed by atoms with E-state index in [0.717, 1.165) is 11.7 Å². The van der Waals surface area contributed by atoms with Gasteiger partial charge in [-0.05, 0) is 24.1 Å². The van der Waals surface area contributed by atoms with Gasteiger partial charge in [-0.3, -0.25) is 4.79 Å². The predicted octanol–water partition coefficient (Wildman–Crippen LogP) is 4.13. The van der Waals surface area contributed by atoms with Crippen molar-refractivity contribution in [1.29, 1.82) is 0 Å². The van der Waals surface area contributed by atoms with E-state index in [1.807, 2.05) is 0 Å². The van der Waals surface area contributed by atoms with Crippen molar-refractivity contribution in [3.05, 3.63) is 29.0 Å². The lowest BCUT2D eigenvalue weighted by atomic mass is 10.2. The summed E-state index contributed by atoms with van der Waals surface area (Å²) in [4.78, 5) is 11.9.